The van der Waals surface area contributed by atoms with E-state index >= 15 is 0 Å². The summed E-state index contributed by atoms with van der Waals surface area (Å²) in [4.78, 5) is 0. The maximum atomic E-state index is 5.84. The SMILES string of the molecule is CCCCCCCCCCCCCCCC(OC)C(C)OC(C)C. The zero-order valence-electron chi connectivity index (χ0n) is 17.4. The zero-order valence-corrected chi connectivity index (χ0v) is 17.4. The minimum Gasteiger partial charge on any atom is -0.379 e. The fourth-order valence-electron chi connectivity index (χ4n) is 3.42. The van der Waals surface area contributed by atoms with E-state index in [2.05, 4.69) is 27.7 Å². The summed E-state index contributed by atoms with van der Waals surface area (Å²) in [5.41, 5.74) is 0. The molecule has 2 unspecified atom stereocenters. The predicted molar refractivity (Wildman–Crippen MR) is 107 cm³/mol. The van der Waals surface area contributed by atoms with Gasteiger partial charge in [0.2, 0.25) is 0 Å². The van der Waals surface area contributed by atoms with Gasteiger partial charge in [-0.3, -0.25) is 0 Å². The van der Waals surface area contributed by atoms with Crippen molar-refractivity contribution in [3.05, 3.63) is 0 Å². The van der Waals surface area contributed by atoms with Gasteiger partial charge in [-0.25, -0.2) is 0 Å². The van der Waals surface area contributed by atoms with Gasteiger partial charge in [0, 0.05) is 7.11 Å². The first-order valence-electron chi connectivity index (χ1n) is 10.8. The van der Waals surface area contributed by atoms with Gasteiger partial charge in [-0.2, -0.15) is 0 Å². The number of ether oxygens (including phenoxy) is 2. The fourth-order valence-corrected chi connectivity index (χ4v) is 3.42. The normalized spacial score (nSPS) is 14.2. The lowest BCUT2D eigenvalue weighted by molar-refractivity contribution is -0.0736. The van der Waals surface area contributed by atoms with Crippen LogP contribution in [-0.2, 0) is 9.47 Å². The van der Waals surface area contributed by atoms with Crippen LogP contribution in [0.15, 0.2) is 0 Å². The van der Waals surface area contributed by atoms with Crippen LogP contribution in [0.2, 0.25) is 0 Å². The molecule has 0 saturated heterocycles. The highest BCUT2D eigenvalue weighted by atomic mass is 16.5. The molecule has 0 saturated carbocycles. The van der Waals surface area contributed by atoms with E-state index in [1.165, 1.54) is 83.5 Å². The van der Waals surface area contributed by atoms with E-state index in [0.29, 0.717) is 0 Å². The molecule has 0 fully saturated rings. The molecule has 0 amide bonds. The second kappa shape index (κ2) is 17.7. The van der Waals surface area contributed by atoms with Gasteiger partial charge in [0.25, 0.3) is 0 Å². The smallest absolute Gasteiger partial charge is 0.0830 e. The van der Waals surface area contributed by atoms with Gasteiger partial charge in [0.05, 0.1) is 18.3 Å². The Balaban J connectivity index is 3.34. The van der Waals surface area contributed by atoms with Crippen molar-refractivity contribution >= 4 is 0 Å². The third kappa shape index (κ3) is 15.4. The van der Waals surface area contributed by atoms with Crippen LogP contribution < -0.4 is 0 Å². The first kappa shape index (κ1) is 23.9. The van der Waals surface area contributed by atoms with E-state index in [1.54, 1.807) is 0 Å². The molecule has 0 N–H and O–H groups in total. The Labute approximate surface area is 153 Å². The average molecular weight is 343 g/mol. The van der Waals surface area contributed by atoms with Crippen molar-refractivity contribution in [3.8, 4) is 0 Å². The molecule has 0 bridgehead atoms. The Hall–Kier alpha value is -0.0800. The highest BCUT2D eigenvalue weighted by Crippen LogP contribution is 2.16. The molecule has 0 aliphatic rings. The quantitative estimate of drug-likeness (QED) is 0.243. The molecule has 0 aromatic rings. The van der Waals surface area contributed by atoms with E-state index in [9.17, 15) is 0 Å². The van der Waals surface area contributed by atoms with Crippen molar-refractivity contribution in [3.63, 3.8) is 0 Å². The molecule has 0 aromatic heterocycles. The lowest BCUT2D eigenvalue weighted by atomic mass is 10.0. The van der Waals surface area contributed by atoms with Gasteiger partial charge in [0.1, 0.15) is 0 Å². The van der Waals surface area contributed by atoms with Gasteiger partial charge in [0.15, 0.2) is 0 Å². The Kier molecular flexibility index (Phi) is 17.7. The molecule has 0 aliphatic heterocycles. The van der Waals surface area contributed by atoms with Gasteiger partial charge in [-0.15, -0.1) is 0 Å². The zero-order chi connectivity index (χ0) is 18.0. The predicted octanol–water partition coefficient (Wildman–Crippen LogP) is 7.30. The minimum absolute atomic E-state index is 0.201. The van der Waals surface area contributed by atoms with Crippen LogP contribution in [0.25, 0.3) is 0 Å². The summed E-state index contributed by atoms with van der Waals surface area (Å²) < 4.78 is 11.4. The molecule has 2 heteroatoms. The number of hydrogen-bond donors (Lipinski definition) is 0. The Morgan fingerprint density at radius 1 is 0.625 bits per heavy atom. The minimum atomic E-state index is 0.201. The van der Waals surface area contributed by atoms with Crippen LogP contribution in [-0.4, -0.2) is 25.4 Å². The molecule has 146 valence electrons. The van der Waals surface area contributed by atoms with E-state index < -0.39 is 0 Å². The van der Waals surface area contributed by atoms with E-state index in [4.69, 9.17) is 9.47 Å². The topological polar surface area (TPSA) is 18.5 Å². The number of methoxy groups -OCH3 is 1. The summed E-state index contributed by atoms with van der Waals surface area (Å²) in [6.45, 7) is 8.61. The molecule has 0 radical (unpaired) electrons. The van der Waals surface area contributed by atoms with Crippen molar-refractivity contribution in [2.24, 2.45) is 0 Å². The third-order valence-corrected chi connectivity index (χ3v) is 4.91. The van der Waals surface area contributed by atoms with Crippen LogP contribution in [0.3, 0.4) is 0 Å². The van der Waals surface area contributed by atoms with Crippen molar-refractivity contribution in [2.75, 3.05) is 7.11 Å². The lowest BCUT2D eigenvalue weighted by Crippen LogP contribution is -2.30. The first-order chi connectivity index (χ1) is 11.6. The summed E-state index contributed by atoms with van der Waals surface area (Å²) in [5.74, 6) is 0. The van der Waals surface area contributed by atoms with Gasteiger partial charge >= 0.3 is 0 Å². The Morgan fingerprint density at radius 3 is 1.42 bits per heavy atom. The second-order valence-corrected chi connectivity index (χ2v) is 7.70. The van der Waals surface area contributed by atoms with Crippen molar-refractivity contribution in [1.82, 2.24) is 0 Å². The van der Waals surface area contributed by atoms with Gasteiger partial charge in [-0.05, 0) is 27.2 Å². The molecule has 0 rings (SSSR count). The monoisotopic (exact) mass is 342 g/mol. The average Bonchev–Trinajstić information content (AvgIpc) is 2.54. The number of rotatable bonds is 18. The van der Waals surface area contributed by atoms with Crippen molar-refractivity contribution in [1.29, 1.82) is 0 Å². The van der Waals surface area contributed by atoms with E-state index in [1.807, 2.05) is 7.11 Å². The van der Waals surface area contributed by atoms with E-state index in [-0.39, 0.29) is 18.3 Å². The number of hydrogen-bond acceptors (Lipinski definition) is 2. The summed E-state index contributed by atoms with van der Waals surface area (Å²) in [6, 6.07) is 0. The second-order valence-electron chi connectivity index (χ2n) is 7.70. The van der Waals surface area contributed by atoms with Gasteiger partial charge in [-0.1, -0.05) is 90.4 Å². The molecule has 2 atom stereocenters. The third-order valence-electron chi connectivity index (χ3n) is 4.91. The van der Waals surface area contributed by atoms with Crippen LogP contribution in [0.1, 0.15) is 118 Å². The van der Waals surface area contributed by atoms with Crippen LogP contribution >= 0.6 is 0 Å². The molecule has 0 spiro atoms. The highest BCUT2D eigenvalue weighted by molar-refractivity contribution is 4.67. The maximum absolute atomic E-state index is 5.84. The summed E-state index contributed by atoms with van der Waals surface area (Å²) in [7, 11) is 1.81. The molecular weight excluding hydrogens is 296 g/mol. The molecular formula is C22H46O2. The van der Waals surface area contributed by atoms with Crippen molar-refractivity contribution in [2.45, 2.75) is 136 Å². The fraction of sp³-hybridized carbons (Fsp3) is 1.00. The van der Waals surface area contributed by atoms with Crippen LogP contribution in [0.4, 0.5) is 0 Å². The summed E-state index contributed by atoms with van der Waals surface area (Å²) in [5, 5.41) is 0. The maximum Gasteiger partial charge on any atom is 0.0830 e. The number of unbranched alkanes of at least 4 members (excludes halogenated alkanes) is 12. The van der Waals surface area contributed by atoms with Gasteiger partial charge < -0.3 is 9.47 Å². The standard InChI is InChI=1S/C22H46O2/c1-6-7-8-9-10-11-12-13-14-15-16-17-18-19-22(23-5)21(4)24-20(2)3/h20-22H,6-19H2,1-5H3. The molecule has 0 heterocycles. The van der Waals surface area contributed by atoms with Crippen molar-refractivity contribution < 1.29 is 9.47 Å². The first-order valence-corrected chi connectivity index (χ1v) is 10.8. The molecule has 24 heavy (non-hydrogen) atoms. The van der Waals surface area contributed by atoms with E-state index in [0.717, 1.165) is 6.42 Å². The molecule has 0 aromatic carbocycles. The van der Waals surface area contributed by atoms with Crippen LogP contribution in [0.5, 0.6) is 0 Å². The Bertz CT molecular complexity index is 240. The summed E-state index contributed by atoms with van der Waals surface area (Å²) in [6.07, 6.45) is 20.1. The van der Waals surface area contributed by atoms with Crippen LogP contribution in [0, 0.1) is 0 Å². The summed E-state index contributed by atoms with van der Waals surface area (Å²) >= 11 is 0. The lowest BCUT2D eigenvalue weighted by Gasteiger charge is -2.24. The molecule has 2 nitrogen and oxygen atoms in total. The molecule has 0 aliphatic carbocycles. The Morgan fingerprint density at radius 2 is 1.04 bits per heavy atom. The highest BCUT2D eigenvalue weighted by Gasteiger charge is 2.17. The largest absolute Gasteiger partial charge is 0.379 e.